The number of methoxy groups -OCH3 is 1. The van der Waals surface area contributed by atoms with Crippen LogP contribution in [-0.2, 0) is 18.2 Å². The van der Waals surface area contributed by atoms with E-state index in [-0.39, 0.29) is 5.97 Å². The van der Waals surface area contributed by atoms with Gasteiger partial charge >= 0.3 is 5.97 Å². The summed E-state index contributed by atoms with van der Waals surface area (Å²) in [5.41, 5.74) is 5.93. The minimum Gasteiger partial charge on any atom is -0.465 e. The van der Waals surface area contributed by atoms with Crippen molar-refractivity contribution in [1.82, 2.24) is 14.8 Å². The number of esters is 1. The van der Waals surface area contributed by atoms with E-state index in [0.29, 0.717) is 17.2 Å². The van der Waals surface area contributed by atoms with Crippen molar-refractivity contribution in [3.05, 3.63) is 46.8 Å². The predicted molar refractivity (Wildman–Crippen MR) is 103 cm³/mol. The molecule has 0 saturated carbocycles. The lowest BCUT2D eigenvalue weighted by Gasteiger charge is -2.15. The van der Waals surface area contributed by atoms with Crippen LogP contribution in [0.5, 0.6) is 0 Å². The molecule has 0 unspecified atom stereocenters. The van der Waals surface area contributed by atoms with Crippen LogP contribution in [0.2, 0.25) is 0 Å². The van der Waals surface area contributed by atoms with Crippen LogP contribution in [0.15, 0.2) is 24.3 Å². The molecule has 5 heteroatoms. The summed E-state index contributed by atoms with van der Waals surface area (Å²) in [5, 5.41) is 5.66. The first-order chi connectivity index (χ1) is 12.3. The van der Waals surface area contributed by atoms with Crippen LogP contribution < -0.4 is 0 Å². The van der Waals surface area contributed by atoms with Gasteiger partial charge in [0.05, 0.1) is 29.4 Å². The Bertz CT molecular complexity index is 987. The van der Waals surface area contributed by atoms with E-state index in [2.05, 4.69) is 31.8 Å². The van der Waals surface area contributed by atoms with Gasteiger partial charge in [-0.2, -0.15) is 5.10 Å². The van der Waals surface area contributed by atoms with Crippen LogP contribution in [0.4, 0.5) is 0 Å². The van der Waals surface area contributed by atoms with E-state index in [9.17, 15) is 4.79 Å². The molecule has 3 rings (SSSR count). The summed E-state index contributed by atoms with van der Waals surface area (Å²) < 4.78 is 6.90. The fraction of sp³-hybridized carbons (Fsp3) is 0.381. The highest BCUT2D eigenvalue weighted by atomic mass is 16.5. The van der Waals surface area contributed by atoms with Gasteiger partial charge < -0.3 is 4.74 Å². The highest BCUT2D eigenvalue weighted by Gasteiger charge is 2.26. The highest BCUT2D eigenvalue weighted by Crippen LogP contribution is 2.37. The summed E-state index contributed by atoms with van der Waals surface area (Å²) in [5.74, 6) is 0.0789. The van der Waals surface area contributed by atoms with Crippen molar-refractivity contribution in [2.75, 3.05) is 7.11 Å². The van der Waals surface area contributed by atoms with Gasteiger partial charge in [-0.25, -0.2) is 9.78 Å². The second kappa shape index (κ2) is 6.90. The van der Waals surface area contributed by atoms with E-state index >= 15 is 0 Å². The molecule has 0 amide bonds. The van der Waals surface area contributed by atoms with Gasteiger partial charge in [-0.3, -0.25) is 4.68 Å². The Morgan fingerprint density at radius 1 is 1.23 bits per heavy atom. The number of carbonyl (C=O) groups is 1. The van der Waals surface area contributed by atoms with Gasteiger partial charge in [-0.15, -0.1) is 0 Å². The van der Waals surface area contributed by atoms with Crippen LogP contribution >= 0.6 is 0 Å². The molecule has 0 atom stereocenters. The predicted octanol–water partition coefficient (Wildman–Crippen LogP) is 4.24. The van der Waals surface area contributed by atoms with Gasteiger partial charge in [-0.05, 0) is 37.3 Å². The first-order valence-electron chi connectivity index (χ1n) is 8.85. The fourth-order valence-electron chi connectivity index (χ4n) is 3.48. The molecule has 0 aliphatic rings. The Morgan fingerprint density at radius 3 is 2.54 bits per heavy atom. The Morgan fingerprint density at radius 2 is 1.92 bits per heavy atom. The molecule has 136 valence electrons. The standard InChI is InChI=1S/C21H25N3O2/c1-12(2)11-16-19-18(15-10-8-7-9-13(15)3)17(21(25)26-6)14(4)22-20(19)24(5)23-16/h7-10,12H,11H2,1-6H3. The minimum atomic E-state index is -0.366. The number of fused-ring (bicyclic) bond motifs is 1. The lowest BCUT2D eigenvalue weighted by atomic mass is 9.91. The third-order valence-electron chi connectivity index (χ3n) is 4.63. The molecular formula is C21H25N3O2. The molecule has 3 aromatic rings. The van der Waals surface area contributed by atoms with Crippen LogP contribution in [0.1, 0.15) is 41.2 Å². The van der Waals surface area contributed by atoms with E-state index in [0.717, 1.165) is 39.8 Å². The zero-order valence-corrected chi connectivity index (χ0v) is 16.3. The van der Waals surface area contributed by atoms with Crippen molar-refractivity contribution in [2.24, 2.45) is 13.0 Å². The van der Waals surface area contributed by atoms with Gasteiger partial charge in [0.2, 0.25) is 0 Å². The first-order valence-corrected chi connectivity index (χ1v) is 8.85. The summed E-state index contributed by atoms with van der Waals surface area (Å²) in [6.45, 7) is 8.23. The monoisotopic (exact) mass is 351 g/mol. The SMILES string of the molecule is COC(=O)c1c(C)nc2c(c(CC(C)C)nn2C)c1-c1ccccc1C. The van der Waals surface area contributed by atoms with E-state index in [1.165, 1.54) is 7.11 Å². The molecule has 0 radical (unpaired) electrons. The molecule has 5 nitrogen and oxygen atoms in total. The van der Waals surface area contributed by atoms with Crippen LogP contribution in [0, 0.1) is 19.8 Å². The molecule has 0 fully saturated rings. The van der Waals surface area contributed by atoms with Crippen LogP contribution in [-0.4, -0.2) is 27.8 Å². The van der Waals surface area contributed by atoms with Crippen molar-refractivity contribution in [2.45, 2.75) is 34.1 Å². The molecule has 0 saturated heterocycles. The largest absolute Gasteiger partial charge is 0.465 e. The van der Waals surface area contributed by atoms with Gasteiger partial charge in [0, 0.05) is 12.6 Å². The Hall–Kier alpha value is -2.69. The van der Waals surface area contributed by atoms with Gasteiger partial charge in [-0.1, -0.05) is 38.1 Å². The lowest BCUT2D eigenvalue weighted by molar-refractivity contribution is 0.0600. The lowest BCUT2D eigenvalue weighted by Crippen LogP contribution is -2.10. The summed E-state index contributed by atoms with van der Waals surface area (Å²) in [6, 6.07) is 8.09. The molecular weight excluding hydrogens is 326 g/mol. The summed E-state index contributed by atoms with van der Waals surface area (Å²) >= 11 is 0. The average molecular weight is 351 g/mol. The number of aryl methyl sites for hydroxylation is 3. The quantitative estimate of drug-likeness (QED) is 0.660. The van der Waals surface area contributed by atoms with Gasteiger partial charge in [0.25, 0.3) is 0 Å². The zero-order valence-electron chi connectivity index (χ0n) is 16.3. The number of nitrogens with zero attached hydrogens (tertiary/aromatic N) is 3. The van der Waals surface area contributed by atoms with Crippen molar-refractivity contribution < 1.29 is 9.53 Å². The molecule has 2 aromatic heterocycles. The fourth-order valence-corrected chi connectivity index (χ4v) is 3.48. The van der Waals surface area contributed by atoms with Crippen molar-refractivity contribution in [3.8, 4) is 11.1 Å². The van der Waals surface area contributed by atoms with E-state index < -0.39 is 0 Å². The number of ether oxygens (including phenoxy) is 1. The highest BCUT2D eigenvalue weighted by molar-refractivity contribution is 6.08. The second-order valence-corrected chi connectivity index (χ2v) is 7.12. The molecule has 0 aliphatic heterocycles. The molecule has 26 heavy (non-hydrogen) atoms. The van der Waals surface area contributed by atoms with Crippen molar-refractivity contribution >= 4 is 17.0 Å². The number of aromatic nitrogens is 3. The number of pyridine rings is 1. The Balaban J connectivity index is 2.50. The topological polar surface area (TPSA) is 57.0 Å². The molecule has 1 aromatic carbocycles. The number of carbonyl (C=O) groups excluding carboxylic acids is 1. The number of benzene rings is 1. The minimum absolute atomic E-state index is 0.366. The third-order valence-corrected chi connectivity index (χ3v) is 4.63. The van der Waals surface area contributed by atoms with E-state index in [1.54, 1.807) is 0 Å². The second-order valence-electron chi connectivity index (χ2n) is 7.12. The van der Waals surface area contributed by atoms with Gasteiger partial charge in [0.15, 0.2) is 5.65 Å². The Labute approximate surface area is 154 Å². The Kier molecular flexibility index (Phi) is 4.81. The van der Waals surface area contributed by atoms with Crippen molar-refractivity contribution in [3.63, 3.8) is 0 Å². The molecule has 0 spiro atoms. The van der Waals surface area contributed by atoms with E-state index in [4.69, 9.17) is 9.84 Å². The number of hydrogen-bond acceptors (Lipinski definition) is 4. The molecule has 0 N–H and O–H groups in total. The zero-order chi connectivity index (χ0) is 19.0. The van der Waals surface area contributed by atoms with Gasteiger partial charge in [0.1, 0.15) is 0 Å². The maximum Gasteiger partial charge on any atom is 0.340 e. The molecule has 2 heterocycles. The summed E-state index contributed by atoms with van der Waals surface area (Å²) in [6.07, 6.45) is 0.821. The van der Waals surface area contributed by atoms with Crippen LogP contribution in [0.25, 0.3) is 22.2 Å². The maximum atomic E-state index is 12.6. The number of rotatable bonds is 4. The smallest absolute Gasteiger partial charge is 0.340 e. The average Bonchev–Trinajstić information content (AvgIpc) is 2.88. The normalized spacial score (nSPS) is 11.3. The summed E-state index contributed by atoms with van der Waals surface area (Å²) in [4.78, 5) is 17.3. The number of hydrogen-bond donors (Lipinski definition) is 0. The molecule has 0 aliphatic carbocycles. The van der Waals surface area contributed by atoms with Crippen LogP contribution in [0.3, 0.4) is 0 Å². The first kappa shape index (κ1) is 18.1. The van der Waals surface area contributed by atoms with Crippen molar-refractivity contribution in [1.29, 1.82) is 0 Å². The maximum absolute atomic E-state index is 12.6. The van der Waals surface area contributed by atoms with E-state index in [1.807, 2.05) is 36.9 Å². The molecule has 0 bridgehead atoms. The third kappa shape index (κ3) is 2.98. The summed E-state index contributed by atoms with van der Waals surface area (Å²) in [7, 11) is 3.31.